The Morgan fingerprint density at radius 2 is 1.95 bits per heavy atom. The van der Waals surface area contributed by atoms with Crippen molar-refractivity contribution >= 4 is 23.3 Å². The fourth-order valence-electron chi connectivity index (χ4n) is 1.65. The van der Waals surface area contributed by atoms with Crippen LogP contribution < -0.4 is 11.1 Å². The Morgan fingerprint density at radius 3 is 2.38 bits per heavy atom. The summed E-state index contributed by atoms with van der Waals surface area (Å²) in [5, 5.41) is 13.2. The molecule has 0 saturated carbocycles. The van der Waals surface area contributed by atoms with E-state index in [9.17, 15) is 19.7 Å². The number of nitro groups is 1. The van der Waals surface area contributed by atoms with Crippen molar-refractivity contribution < 1.29 is 14.5 Å². The van der Waals surface area contributed by atoms with Crippen LogP contribution in [0.2, 0.25) is 0 Å². The molecule has 0 bridgehead atoms. The van der Waals surface area contributed by atoms with Gasteiger partial charge in [0.2, 0.25) is 5.91 Å². The predicted octanol–water partition coefficient (Wildman–Crippen LogP) is 1.57. The summed E-state index contributed by atoms with van der Waals surface area (Å²) in [6.45, 7) is 4.05. The lowest BCUT2D eigenvalue weighted by atomic mass is 10.1. The standard InChI is InChI=1S/C13H18N4O4/c1-3-16(8-9(2)12(14)18)13(19)15-10-4-6-11(7-5-10)17(20)21/h4-7,9H,3,8H2,1-2H3,(H2,14,18)(H,15,19)/t9-/m1/s1. The van der Waals surface area contributed by atoms with E-state index >= 15 is 0 Å². The van der Waals surface area contributed by atoms with Gasteiger partial charge in [0, 0.05) is 30.9 Å². The first-order valence-electron chi connectivity index (χ1n) is 6.44. The molecule has 114 valence electrons. The largest absolute Gasteiger partial charge is 0.369 e. The molecule has 1 rings (SSSR count). The number of benzene rings is 1. The van der Waals surface area contributed by atoms with Gasteiger partial charge in [0.15, 0.2) is 0 Å². The number of non-ortho nitro benzene ring substituents is 1. The topological polar surface area (TPSA) is 119 Å². The molecule has 3 N–H and O–H groups in total. The fraction of sp³-hybridized carbons (Fsp3) is 0.385. The number of nitrogens with two attached hydrogens (primary N) is 1. The summed E-state index contributed by atoms with van der Waals surface area (Å²) in [4.78, 5) is 34.5. The van der Waals surface area contributed by atoms with Crippen molar-refractivity contribution in [2.45, 2.75) is 13.8 Å². The molecule has 0 radical (unpaired) electrons. The summed E-state index contributed by atoms with van der Waals surface area (Å²) in [5.74, 6) is -0.927. The fourth-order valence-corrected chi connectivity index (χ4v) is 1.65. The summed E-state index contributed by atoms with van der Waals surface area (Å²) < 4.78 is 0. The Balaban J connectivity index is 2.69. The van der Waals surface area contributed by atoms with Crippen molar-refractivity contribution in [3.63, 3.8) is 0 Å². The van der Waals surface area contributed by atoms with Gasteiger partial charge in [-0.3, -0.25) is 14.9 Å². The lowest BCUT2D eigenvalue weighted by molar-refractivity contribution is -0.384. The van der Waals surface area contributed by atoms with Crippen LogP contribution in [0.1, 0.15) is 13.8 Å². The molecule has 1 aromatic carbocycles. The highest BCUT2D eigenvalue weighted by Crippen LogP contribution is 2.16. The van der Waals surface area contributed by atoms with E-state index in [4.69, 9.17) is 5.73 Å². The molecule has 0 heterocycles. The minimum absolute atomic E-state index is 0.0531. The average molecular weight is 294 g/mol. The van der Waals surface area contributed by atoms with Crippen molar-refractivity contribution in [1.82, 2.24) is 4.90 Å². The second-order valence-corrected chi connectivity index (χ2v) is 4.58. The quantitative estimate of drug-likeness (QED) is 0.611. The number of hydrogen-bond donors (Lipinski definition) is 2. The zero-order valence-corrected chi connectivity index (χ0v) is 11.9. The van der Waals surface area contributed by atoms with Gasteiger partial charge in [-0.05, 0) is 19.1 Å². The van der Waals surface area contributed by atoms with Crippen LogP contribution in [-0.2, 0) is 4.79 Å². The van der Waals surface area contributed by atoms with E-state index in [1.54, 1.807) is 13.8 Å². The molecule has 8 nitrogen and oxygen atoms in total. The van der Waals surface area contributed by atoms with Gasteiger partial charge in [0.1, 0.15) is 0 Å². The van der Waals surface area contributed by atoms with Gasteiger partial charge in [0.25, 0.3) is 5.69 Å². The monoisotopic (exact) mass is 294 g/mol. The number of hydrogen-bond acceptors (Lipinski definition) is 4. The summed E-state index contributed by atoms with van der Waals surface area (Å²) in [6, 6.07) is 5.11. The predicted molar refractivity (Wildman–Crippen MR) is 77.7 cm³/mol. The summed E-state index contributed by atoms with van der Waals surface area (Å²) in [5.41, 5.74) is 5.56. The van der Waals surface area contributed by atoms with E-state index in [0.29, 0.717) is 12.2 Å². The van der Waals surface area contributed by atoms with Crippen molar-refractivity contribution in [2.24, 2.45) is 11.7 Å². The minimum atomic E-state index is -0.515. The Labute approximate surface area is 122 Å². The van der Waals surface area contributed by atoms with E-state index in [2.05, 4.69) is 5.32 Å². The third-order valence-corrected chi connectivity index (χ3v) is 2.98. The summed E-state index contributed by atoms with van der Waals surface area (Å²) in [6.07, 6.45) is 0. The second kappa shape index (κ2) is 7.22. The molecule has 0 unspecified atom stereocenters. The lowest BCUT2D eigenvalue weighted by Crippen LogP contribution is -2.40. The van der Waals surface area contributed by atoms with Crippen molar-refractivity contribution in [2.75, 3.05) is 18.4 Å². The first kappa shape index (κ1) is 16.4. The van der Waals surface area contributed by atoms with E-state index in [1.165, 1.54) is 29.2 Å². The SMILES string of the molecule is CCN(C[C@@H](C)C(N)=O)C(=O)Nc1ccc([N+](=O)[O-])cc1. The number of carbonyl (C=O) groups excluding carboxylic acids is 2. The lowest BCUT2D eigenvalue weighted by Gasteiger charge is -2.23. The van der Waals surface area contributed by atoms with Crippen molar-refractivity contribution in [3.8, 4) is 0 Å². The molecule has 0 fully saturated rings. The summed E-state index contributed by atoms with van der Waals surface area (Å²) in [7, 11) is 0. The van der Waals surface area contributed by atoms with E-state index in [-0.39, 0.29) is 18.3 Å². The van der Waals surface area contributed by atoms with Crippen LogP contribution >= 0.6 is 0 Å². The normalized spacial score (nSPS) is 11.5. The number of amides is 3. The first-order valence-corrected chi connectivity index (χ1v) is 6.44. The highest BCUT2D eigenvalue weighted by atomic mass is 16.6. The maximum absolute atomic E-state index is 12.0. The molecule has 0 aliphatic heterocycles. The Kier molecular flexibility index (Phi) is 5.65. The Hall–Kier alpha value is -2.64. The molecular weight excluding hydrogens is 276 g/mol. The van der Waals surface area contributed by atoms with E-state index < -0.39 is 16.7 Å². The number of anilines is 1. The molecule has 1 aromatic rings. The van der Waals surface area contributed by atoms with Crippen molar-refractivity contribution in [1.29, 1.82) is 0 Å². The number of urea groups is 1. The molecule has 0 saturated heterocycles. The number of primary amides is 1. The zero-order valence-electron chi connectivity index (χ0n) is 11.9. The second-order valence-electron chi connectivity index (χ2n) is 4.58. The molecule has 21 heavy (non-hydrogen) atoms. The van der Waals surface area contributed by atoms with Crippen LogP contribution in [0.25, 0.3) is 0 Å². The molecule has 0 aromatic heterocycles. The van der Waals surface area contributed by atoms with Crippen molar-refractivity contribution in [3.05, 3.63) is 34.4 Å². The molecule has 0 aliphatic rings. The molecule has 0 spiro atoms. The van der Waals surface area contributed by atoms with Gasteiger partial charge in [-0.2, -0.15) is 0 Å². The van der Waals surface area contributed by atoms with E-state index in [0.717, 1.165) is 0 Å². The molecular formula is C13H18N4O4. The van der Waals surface area contributed by atoms with Crippen LogP contribution in [0, 0.1) is 16.0 Å². The molecule has 1 atom stereocenters. The number of nitrogens with zero attached hydrogens (tertiary/aromatic N) is 2. The van der Waals surface area contributed by atoms with Crippen LogP contribution in [0.4, 0.5) is 16.2 Å². The average Bonchev–Trinajstić information content (AvgIpc) is 2.44. The van der Waals surface area contributed by atoms with Crippen LogP contribution in [-0.4, -0.2) is 34.9 Å². The summed E-state index contributed by atoms with van der Waals surface area (Å²) >= 11 is 0. The zero-order chi connectivity index (χ0) is 16.0. The highest BCUT2D eigenvalue weighted by molar-refractivity contribution is 5.89. The minimum Gasteiger partial charge on any atom is -0.369 e. The van der Waals surface area contributed by atoms with Gasteiger partial charge in [0.05, 0.1) is 10.8 Å². The van der Waals surface area contributed by atoms with Crippen LogP contribution in [0.15, 0.2) is 24.3 Å². The van der Waals surface area contributed by atoms with Gasteiger partial charge >= 0.3 is 6.03 Å². The third kappa shape index (κ3) is 4.75. The van der Waals surface area contributed by atoms with Gasteiger partial charge < -0.3 is 16.0 Å². The van der Waals surface area contributed by atoms with Gasteiger partial charge in [-0.1, -0.05) is 6.92 Å². The van der Waals surface area contributed by atoms with Crippen LogP contribution in [0.5, 0.6) is 0 Å². The van der Waals surface area contributed by atoms with Gasteiger partial charge in [-0.25, -0.2) is 4.79 Å². The Bertz CT molecular complexity index is 529. The first-order chi connectivity index (χ1) is 9.85. The highest BCUT2D eigenvalue weighted by Gasteiger charge is 2.18. The number of carbonyl (C=O) groups is 2. The maximum atomic E-state index is 12.0. The Morgan fingerprint density at radius 1 is 1.38 bits per heavy atom. The van der Waals surface area contributed by atoms with Crippen LogP contribution in [0.3, 0.4) is 0 Å². The molecule has 3 amide bonds. The number of nitrogens with one attached hydrogen (secondary N) is 1. The third-order valence-electron chi connectivity index (χ3n) is 2.98. The number of rotatable bonds is 6. The molecule has 0 aliphatic carbocycles. The van der Waals surface area contributed by atoms with Gasteiger partial charge in [-0.15, -0.1) is 0 Å². The molecule has 8 heteroatoms. The smallest absolute Gasteiger partial charge is 0.321 e. The van der Waals surface area contributed by atoms with E-state index in [1.807, 2.05) is 0 Å². The number of nitro benzene ring substituents is 1. The maximum Gasteiger partial charge on any atom is 0.321 e.